The van der Waals surface area contributed by atoms with Crippen LogP contribution in [0.15, 0.2) is 36.5 Å². The lowest BCUT2D eigenvalue weighted by molar-refractivity contribution is 0.0947. The number of hydrogen-bond donors (Lipinski definition) is 2. The van der Waals surface area contributed by atoms with Crippen LogP contribution in [0, 0.1) is 5.82 Å². The number of para-hydroxylation sites is 1. The van der Waals surface area contributed by atoms with Crippen LogP contribution in [0.5, 0.6) is 5.75 Å². The number of aromatic nitrogens is 3. The monoisotopic (exact) mass is 327 g/mol. The van der Waals surface area contributed by atoms with Gasteiger partial charge >= 0.3 is 0 Å². The van der Waals surface area contributed by atoms with Crippen LogP contribution in [0.3, 0.4) is 0 Å². The number of carbonyl (C=O) groups is 1. The number of nitrogens with zero attached hydrogens (tertiary/aromatic N) is 3. The number of nitrogens with two attached hydrogens (primary N) is 1. The second-order valence-electron chi connectivity index (χ2n) is 4.94. The minimum atomic E-state index is -0.438. The number of nitrogen functional groups attached to an aromatic ring is 1. The maximum atomic E-state index is 12.8. The van der Waals surface area contributed by atoms with Crippen molar-refractivity contribution in [3.05, 3.63) is 53.7 Å². The van der Waals surface area contributed by atoms with Crippen LogP contribution in [0.4, 0.5) is 10.3 Å². The minimum absolute atomic E-state index is 0.0305. The number of halogens is 1. The van der Waals surface area contributed by atoms with Gasteiger partial charge in [-0.15, -0.1) is 0 Å². The van der Waals surface area contributed by atoms with Crippen molar-refractivity contribution in [3.8, 4) is 5.75 Å². The van der Waals surface area contributed by atoms with Gasteiger partial charge in [-0.3, -0.25) is 9.78 Å². The number of rotatable bonds is 4. The van der Waals surface area contributed by atoms with Crippen molar-refractivity contribution >= 4 is 22.8 Å². The number of nitrogens with one attached hydrogen (secondary N) is 1. The summed E-state index contributed by atoms with van der Waals surface area (Å²) < 4.78 is 18.1. The van der Waals surface area contributed by atoms with Gasteiger partial charge in [-0.2, -0.15) is 0 Å². The number of amides is 1. The van der Waals surface area contributed by atoms with Gasteiger partial charge in [0.25, 0.3) is 5.91 Å². The smallest absolute Gasteiger partial charge is 0.271 e. The first-order valence-corrected chi connectivity index (χ1v) is 7.07. The predicted molar refractivity (Wildman–Crippen MR) is 85.9 cm³/mol. The van der Waals surface area contributed by atoms with Gasteiger partial charge in [-0.05, 0) is 18.2 Å². The van der Waals surface area contributed by atoms with Gasteiger partial charge in [0.1, 0.15) is 22.8 Å². The molecule has 7 nitrogen and oxygen atoms in total. The molecule has 3 aromatic rings. The average Bonchev–Trinajstić information content (AvgIpc) is 2.59. The van der Waals surface area contributed by atoms with Gasteiger partial charge in [0.15, 0.2) is 0 Å². The van der Waals surface area contributed by atoms with E-state index in [0.717, 1.165) is 6.20 Å². The zero-order valence-electron chi connectivity index (χ0n) is 12.8. The Bertz CT molecular complexity index is 899. The SMILES string of the molecule is COc1cccc2c(C(=O)NCc3ccc(F)cn3)nc(N)nc12. The summed E-state index contributed by atoms with van der Waals surface area (Å²) in [6.45, 7) is 0.133. The van der Waals surface area contributed by atoms with Crippen LogP contribution in [-0.4, -0.2) is 28.0 Å². The van der Waals surface area contributed by atoms with Crippen molar-refractivity contribution in [3.63, 3.8) is 0 Å². The van der Waals surface area contributed by atoms with Gasteiger partial charge in [0, 0.05) is 5.39 Å². The van der Waals surface area contributed by atoms with Crippen molar-refractivity contribution in [1.82, 2.24) is 20.3 Å². The Labute approximate surface area is 136 Å². The first kappa shape index (κ1) is 15.6. The molecule has 0 unspecified atom stereocenters. The van der Waals surface area contributed by atoms with Crippen LogP contribution in [-0.2, 0) is 6.54 Å². The second kappa shape index (κ2) is 6.45. The number of anilines is 1. The highest BCUT2D eigenvalue weighted by Crippen LogP contribution is 2.26. The van der Waals surface area contributed by atoms with Crippen LogP contribution < -0.4 is 15.8 Å². The number of benzene rings is 1. The third kappa shape index (κ3) is 3.07. The van der Waals surface area contributed by atoms with E-state index in [2.05, 4.69) is 20.3 Å². The van der Waals surface area contributed by atoms with Crippen LogP contribution in [0.25, 0.3) is 10.9 Å². The lowest BCUT2D eigenvalue weighted by Gasteiger charge is -2.10. The molecule has 0 atom stereocenters. The molecule has 0 aliphatic heterocycles. The molecule has 0 bridgehead atoms. The Kier molecular flexibility index (Phi) is 4.19. The topological polar surface area (TPSA) is 103 Å². The molecule has 1 amide bonds. The summed E-state index contributed by atoms with van der Waals surface area (Å²) in [6.07, 6.45) is 1.09. The lowest BCUT2D eigenvalue weighted by atomic mass is 10.1. The van der Waals surface area contributed by atoms with Gasteiger partial charge in [0.05, 0.1) is 25.5 Å². The van der Waals surface area contributed by atoms with Gasteiger partial charge in [-0.1, -0.05) is 12.1 Å². The maximum Gasteiger partial charge on any atom is 0.271 e. The van der Waals surface area contributed by atoms with E-state index in [-0.39, 0.29) is 18.2 Å². The van der Waals surface area contributed by atoms with E-state index in [1.807, 2.05) is 0 Å². The highest BCUT2D eigenvalue weighted by molar-refractivity contribution is 6.05. The summed E-state index contributed by atoms with van der Waals surface area (Å²) >= 11 is 0. The standard InChI is InChI=1S/C16H14FN5O2/c1-24-12-4-2-3-11-13(12)21-16(18)22-14(11)15(23)20-8-10-6-5-9(17)7-19-10/h2-7H,8H2,1H3,(H,20,23)(H2,18,21,22). The third-order valence-electron chi connectivity index (χ3n) is 3.36. The van der Waals surface area contributed by atoms with Crippen molar-refractivity contribution in [2.24, 2.45) is 0 Å². The molecule has 0 spiro atoms. The first-order chi connectivity index (χ1) is 11.6. The number of carbonyl (C=O) groups excluding carboxylic acids is 1. The van der Waals surface area contributed by atoms with E-state index in [4.69, 9.17) is 10.5 Å². The van der Waals surface area contributed by atoms with Crippen LogP contribution in [0.2, 0.25) is 0 Å². The molecule has 0 aliphatic rings. The van der Waals surface area contributed by atoms with Crippen molar-refractivity contribution < 1.29 is 13.9 Å². The Morgan fingerprint density at radius 3 is 2.83 bits per heavy atom. The van der Waals surface area contributed by atoms with Crippen molar-refractivity contribution in [2.45, 2.75) is 6.54 Å². The minimum Gasteiger partial charge on any atom is -0.494 e. The van der Waals surface area contributed by atoms with E-state index < -0.39 is 11.7 Å². The molecule has 0 fully saturated rings. The third-order valence-corrected chi connectivity index (χ3v) is 3.36. The average molecular weight is 327 g/mol. The molecule has 122 valence electrons. The lowest BCUT2D eigenvalue weighted by Crippen LogP contribution is -2.25. The van der Waals surface area contributed by atoms with Crippen LogP contribution >= 0.6 is 0 Å². The summed E-state index contributed by atoms with van der Waals surface area (Å²) in [5, 5.41) is 3.20. The normalized spacial score (nSPS) is 10.6. The molecule has 3 N–H and O–H groups in total. The zero-order valence-corrected chi connectivity index (χ0v) is 12.8. The number of pyridine rings is 1. The molecule has 2 heterocycles. The van der Waals surface area contributed by atoms with Gasteiger partial charge in [0.2, 0.25) is 5.95 Å². The molecule has 0 aliphatic carbocycles. The van der Waals surface area contributed by atoms with Crippen LogP contribution in [0.1, 0.15) is 16.2 Å². The summed E-state index contributed by atoms with van der Waals surface area (Å²) in [7, 11) is 1.51. The quantitative estimate of drug-likeness (QED) is 0.756. The Morgan fingerprint density at radius 2 is 2.12 bits per heavy atom. The fourth-order valence-corrected chi connectivity index (χ4v) is 2.25. The van der Waals surface area contributed by atoms with Gasteiger partial charge in [-0.25, -0.2) is 14.4 Å². The Morgan fingerprint density at radius 1 is 1.29 bits per heavy atom. The second-order valence-corrected chi connectivity index (χ2v) is 4.94. The van der Waals surface area contributed by atoms with Crippen molar-refractivity contribution in [2.75, 3.05) is 12.8 Å². The predicted octanol–water partition coefficient (Wildman–Crippen LogP) is 1.68. The summed E-state index contributed by atoms with van der Waals surface area (Å²) in [5.41, 5.74) is 6.81. The Balaban J connectivity index is 1.90. The van der Waals surface area contributed by atoms with E-state index in [1.165, 1.54) is 19.2 Å². The van der Waals surface area contributed by atoms with E-state index in [1.54, 1.807) is 18.2 Å². The fourth-order valence-electron chi connectivity index (χ4n) is 2.25. The fraction of sp³-hybridized carbons (Fsp3) is 0.125. The highest BCUT2D eigenvalue weighted by atomic mass is 19.1. The first-order valence-electron chi connectivity index (χ1n) is 7.07. The maximum absolute atomic E-state index is 12.8. The number of ether oxygens (including phenoxy) is 1. The summed E-state index contributed by atoms with van der Waals surface area (Å²) in [5.74, 6) is -0.409. The molecule has 1 aromatic carbocycles. The molecule has 3 rings (SSSR count). The molecular formula is C16H14FN5O2. The molecule has 24 heavy (non-hydrogen) atoms. The molecular weight excluding hydrogens is 313 g/mol. The zero-order chi connectivity index (χ0) is 17.1. The molecule has 2 aromatic heterocycles. The summed E-state index contributed by atoms with van der Waals surface area (Å²) in [6, 6.07) is 7.93. The van der Waals surface area contributed by atoms with E-state index in [9.17, 15) is 9.18 Å². The number of methoxy groups -OCH3 is 1. The molecule has 0 saturated heterocycles. The largest absolute Gasteiger partial charge is 0.494 e. The Hall–Kier alpha value is -3.29. The van der Waals surface area contributed by atoms with E-state index in [0.29, 0.717) is 22.3 Å². The summed E-state index contributed by atoms with van der Waals surface area (Å²) in [4.78, 5) is 24.5. The highest BCUT2D eigenvalue weighted by Gasteiger charge is 2.16. The molecule has 8 heteroatoms. The number of hydrogen-bond acceptors (Lipinski definition) is 6. The molecule has 0 saturated carbocycles. The molecule has 0 radical (unpaired) electrons. The van der Waals surface area contributed by atoms with Crippen molar-refractivity contribution in [1.29, 1.82) is 0 Å². The number of fused-ring (bicyclic) bond motifs is 1. The van der Waals surface area contributed by atoms with E-state index >= 15 is 0 Å². The van der Waals surface area contributed by atoms with Gasteiger partial charge < -0.3 is 15.8 Å².